The SMILES string of the molecule is Cc1ccccc1CCC(=O)Nc1cc(C(=O)O)c(C)cc1C. The van der Waals surface area contributed by atoms with Crippen molar-refractivity contribution in [2.24, 2.45) is 0 Å². The van der Waals surface area contributed by atoms with Gasteiger partial charge in [-0.25, -0.2) is 4.79 Å². The second-order valence-corrected chi connectivity index (χ2v) is 5.76. The highest BCUT2D eigenvalue weighted by Crippen LogP contribution is 2.21. The molecule has 0 unspecified atom stereocenters. The van der Waals surface area contributed by atoms with E-state index in [9.17, 15) is 14.7 Å². The van der Waals surface area contributed by atoms with Crippen molar-refractivity contribution in [3.63, 3.8) is 0 Å². The smallest absolute Gasteiger partial charge is 0.336 e. The highest BCUT2D eigenvalue weighted by Gasteiger charge is 2.12. The molecule has 0 saturated heterocycles. The summed E-state index contributed by atoms with van der Waals surface area (Å²) >= 11 is 0. The maximum atomic E-state index is 12.2. The van der Waals surface area contributed by atoms with Crippen LogP contribution in [0.25, 0.3) is 0 Å². The van der Waals surface area contributed by atoms with Crippen molar-refractivity contribution >= 4 is 17.6 Å². The lowest BCUT2D eigenvalue weighted by Crippen LogP contribution is -2.14. The molecule has 0 aromatic heterocycles. The molecule has 120 valence electrons. The number of aromatic carboxylic acids is 1. The number of amides is 1. The Bertz CT molecular complexity index is 750. The summed E-state index contributed by atoms with van der Waals surface area (Å²) in [6.07, 6.45) is 1.02. The Hall–Kier alpha value is -2.62. The van der Waals surface area contributed by atoms with Crippen LogP contribution in [-0.2, 0) is 11.2 Å². The number of carbonyl (C=O) groups is 2. The molecular weight excluding hydrogens is 290 g/mol. The summed E-state index contributed by atoms with van der Waals surface area (Å²) in [4.78, 5) is 23.4. The minimum Gasteiger partial charge on any atom is -0.478 e. The molecule has 0 aliphatic carbocycles. The van der Waals surface area contributed by atoms with Gasteiger partial charge in [0.15, 0.2) is 0 Å². The van der Waals surface area contributed by atoms with Crippen LogP contribution in [0, 0.1) is 20.8 Å². The van der Waals surface area contributed by atoms with Crippen molar-refractivity contribution in [2.45, 2.75) is 33.6 Å². The molecule has 2 aromatic rings. The van der Waals surface area contributed by atoms with Gasteiger partial charge in [0.1, 0.15) is 0 Å². The first-order valence-corrected chi connectivity index (χ1v) is 7.57. The monoisotopic (exact) mass is 311 g/mol. The van der Waals surface area contributed by atoms with Crippen LogP contribution in [0.1, 0.15) is 39.0 Å². The molecular formula is C19H21NO3. The minimum atomic E-state index is -0.988. The molecule has 2 aromatic carbocycles. The van der Waals surface area contributed by atoms with Crippen LogP contribution in [0.5, 0.6) is 0 Å². The van der Waals surface area contributed by atoms with Gasteiger partial charge in [-0.05, 0) is 55.5 Å². The van der Waals surface area contributed by atoms with E-state index in [1.807, 2.05) is 38.1 Å². The molecule has 0 radical (unpaired) electrons. The zero-order chi connectivity index (χ0) is 17.0. The third-order valence-corrected chi connectivity index (χ3v) is 3.96. The van der Waals surface area contributed by atoms with E-state index < -0.39 is 5.97 Å². The van der Waals surface area contributed by atoms with E-state index in [1.165, 1.54) is 11.6 Å². The van der Waals surface area contributed by atoms with Gasteiger partial charge in [-0.2, -0.15) is 0 Å². The zero-order valence-electron chi connectivity index (χ0n) is 13.6. The fourth-order valence-corrected chi connectivity index (χ4v) is 2.57. The summed E-state index contributed by atoms with van der Waals surface area (Å²) < 4.78 is 0. The van der Waals surface area contributed by atoms with Gasteiger partial charge < -0.3 is 10.4 Å². The second kappa shape index (κ2) is 7.09. The van der Waals surface area contributed by atoms with E-state index in [4.69, 9.17) is 0 Å². The number of aryl methyl sites for hydroxylation is 4. The number of hydrogen-bond donors (Lipinski definition) is 2. The predicted molar refractivity (Wildman–Crippen MR) is 91.0 cm³/mol. The Balaban J connectivity index is 2.07. The summed E-state index contributed by atoms with van der Waals surface area (Å²) in [5.41, 5.74) is 4.63. The van der Waals surface area contributed by atoms with Gasteiger partial charge in [0.25, 0.3) is 0 Å². The average molecular weight is 311 g/mol. The van der Waals surface area contributed by atoms with E-state index in [0.29, 0.717) is 24.1 Å². The van der Waals surface area contributed by atoms with Crippen LogP contribution in [0.4, 0.5) is 5.69 Å². The molecule has 0 heterocycles. The van der Waals surface area contributed by atoms with Gasteiger partial charge in [-0.3, -0.25) is 4.79 Å². The number of hydrogen-bond acceptors (Lipinski definition) is 2. The van der Waals surface area contributed by atoms with Crippen molar-refractivity contribution < 1.29 is 14.7 Å². The Kier molecular flexibility index (Phi) is 5.16. The fourth-order valence-electron chi connectivity index (χ4n) is 2.57. The van der Waals surface area contributed by atoms with Gasteiger partial charge in [0.2, 0.25) is 5.91 Å². The van der Waals surface area contributed by atoms with Crippen LogP contribution in [0.3, 0.4) is 0 Å². The molecule has 0 aliphatic rings. The number of anilines is 1. The second-order valence-electron chi connectivity index (χ2n) is 5.76. The van der Waals surface area contributed by atoms with Crippen LogP contribution in [0.15, 0.2) is 36.4 Å². The molecule has 2 N–H and O–H groups in total. The first-order valence-electron chi connectivity index (χ1n) is 7.57. The quantitative estimate of drug-likeness (QED) is 0.880. The summed E-state index contributed by atoms with van der Waals surface area (Å²) in [5.74, 6) is -1.10. The van der Waals surface area contributed by atoms with E-state index in [-0.39, 0.29) is 11.5 Å². The van der Waals surface area contributed by atoms with Gasteiger partial charge in [0, 0.05) is 12.1 Å². The van der Waals surface area contributed by atoms with E-state index >= 15 is 0 Å². The average Bonchev–Trinajstić information content (AvgIpc) is 2.49. The number of rotatable bonds is 5. The van der Waals surface area contributed by atoms with Gasteiger partial charge in [0.05, 0.1) is 5.56 Å². The van der Waals surface area contributed by atoms with Crippen LogP contribution >= 0.6 is 0 Å². The Morgan fingerprint density at radius 3 is 2.35 bits per heavy atom. The Morgan fingerprint density at radius 1 is 1.00 bits per heavy atom. The molecule has 0 bridgehead atoms. The summed E-state index contributed by atoms with van der Waals surface area (Å²) in [6.45, 7) is 5.63. The number of carboxylic acids is 1. The lowest BCUT2D eigenvalue weighted by molar-refractivity contribution is -0.116. The third-order valence-electron chi connectivity index (χ3n) is 3.96. The number of carbonyl (C=O) groups excluding carboxylic acids is 1. The standard InChI is InChI=1S/C19H21NO3/c1-12-6-4-5-7-15(12)8-9-18(21)20-17-11-16(19(22)23)13(2)10-14(17)3/h4-7,10-11H,8-9H2,1-3H3,(H,20,21)(H,22,23). The van der Waals surface area contributed by atoms with Gasteiger partial charge >= 0.3 is 5.97 Å². The maximum absolute atomic E-state index is 12.2. The lowest BCUT2D eigenvalue weighted by atomic mass is 10.0. The first-order chi connectivity index (χ1) is 10.9. The Labute approximate surface area is 136 Å². The maximum Gasteiger partial charge on any atom is 0.336 e. The molecule has 0 spiro atoms. The Morgan fingerprint density at radius 2 is 1.70 bits per heavy atom. The minimum absolute atomic E-state index is 0.114. The molecule has 0 fully saturated rings. The van der Waals surface area contributed by atoms with Crippen molar-refractivity contribution in [3.8, 4) is 0 Å². The first kappa shape index (κ1) is 16.7. The number of carboxylic acid groups (broad SMARTS) is 1. The number of nitrogens with one attached hydrogen (secondary N) is 1. The molecule has 1 amide bonds. The zero-order valence-corrected chi connectivity index (χ0v) is 13.6. The molecule has 0 saturated carbocycles. The largest absolute Gasteiger partial charge is 0.478 e. The third kappa shape index (κ3) is 4.19. The van der Waals surface area contributed by atoms with Crippen molar-refractivity contribution in [1.29, 1.82) is 0 Å². The summed E-state index contributed by atoms with van der Waals surface area (Å²) in [5, 5.41) is 12.0. The van der Waals surface area contributed by atoms with Crippen molar-refractivity contribution in [3.05, 3.63) is 64.2 Å². The van der Waals surface area contributed by atoms with Crippen LogP contribution in [-0.4, -0.2) is 17.0 Å². The van der Waals surface area contributed by atoms with Crippen LogP contribution < -0.4 is 5.32 Å². The van der Waals surface area contributed by atoms with Crippen molar-refractivity contribution in [1.82, 2.24) is 0 Å². The predicted octanol–water partition coefficient (Wildman–Crippen LogP) is 3.88. The highest BCUT2D eigenvalue weighted by molar-refractivity contribution is 5.95. The molecule has 0 atom stereocenters. The molecule has 2 rings (SSSR count). The normalized spacial score (nSPS) is 10.4. The molecule has 0 aliphatic heterocycles. The highest BCUT2D eigenvalue weighted by atomic mass is 16.4. The van der Waals surface area contributed by atoms with E-state index in [1.54, 1.807) is 13.0 Å². The van der Waals surface area contributed by atoms with Crippen molar-refractivity contribution in [2.75, 3.05) is 5.32 Å². The summed E-state index contributed by atoms with van der Waals surface area (Å²) in [7, 11) is 0. The van der Waals surface area contributed by atoms with E-state index in [2.05, 4.69) is 5.32 Å². The topological polar surface area (TPSA) is 66.4 Å². The van der Waals surface area contributed by atoms with E-state index in [0.717, 1.165) is 11.1 Å². The molecule has 4 nitrogen and oxygen atoms in total. The molecule has 23 heavy (non-hydrogen) atoms. The summed E-state index contributed by atoms with van der Waals surface area (Å²) in [6, 6.07) is 11.3. The van der Waals surface area contributed by atoms with Gasteiger partial charge in [-0.1, -0.05) is 30.3 Å². The fraction of sp³-hybridized carbons (Fsp3) is 0.263. The van der Waals surface area contributed by atoms with Crippen LogP contribution in [0.2, 0.25) is 0 Å². The lowest BCUT2D eigenvalue weighted by Gasteiger charge is -2.12. The van der Waals surface area contributed by atoms with Gasteiger partial charge in [-0.15, -0.1) is 0 Å². The number of benzene rings is 2. The molecule has 4 heteroatoms.